The standard InChI is InChI=1S/C40H50O18/c1-39(21-55-37(56-22-39)35-26(17-42)14-28(48-3)15-27(35)18-43)19-53-33(46)8-6-31(44)51-10-11-52-32(45)7-9-34(47)54-20-40(2)23-57-38(58-24-40)36-29(49-4)12-25(16-41)13-30(36)50-5/h6-9,12-15,37-38,41-43H,10-11,16-24H2,1-5H3/b8-6+,9-7+. The Bertz CT molecular complexity index is 1610. The van der Waals surface area contributed by atoms with Crippen LogP contribution in [0.3, 0.4) is 0 Å². The number of rotatable bonds is 19. The molecule has 3 N–H and O–H groups in total. The fraction of sp³-hybridized carbons (Fsp3) is 0.500. The minimum Gasteiger partial charge on any atom is -0.497 e. The van der Waals surface area contributed by atoms with Crippen molar-refractivity contribution in [2.75, 3.05) is 74.2 Å². The molecular weight excluding hydrogens is 768 g/mol. The number of hydrogen-bond donors (Lipinski definition) is 3. The van der Waals surface area contributed by atoms with Gasteiger partial charge in [-0.15, -0.1) is 0 Å². The Hall–Kier alpha value is -5.08. The summed E-state index contributed by atoms with van der Waals surface area (Å²) in [5, 5.41) is 29.2. The molecule has 2 saturated heterocycles. The molecule has 2 aliphatic rings. The monoisotopic (exact) mass is 818 g/mol. The van der Waals surface area contributed by atoms with Crippen LogP contribution in [0.25, 0.3) is 0 Å². The summed E-state index contributed by atoms with van der Waals surface area (Å²) < 4.78 is 60.1. The molecule has 58 heavy (non-hydrogen) atoms. The molecule has 2 aromatic carbocycles. The molecule has 2 heterocycles. The van der Waals surface area contributed by atoms with Crippen LogP contribution in [0.15, 0.2) is 48.6 Å². The summed E-state index contributed by atoms with van der Waals surface area (Å²) in [5.74, 6) is -2.11. The van der Waals surface area contributed by atoms with Crippen LogP contribution in [0.2, 0.25) is 0 Å². The third-order valence-electron chi connectivity index (χ3n) is 8.90. The number of aliphatic hydroxyl groups excluding tert-OH is 3. The van der Waals surface area contributed by atoms with E-state index in [1.54, 1.807) is 38.1 Å². The molecule has 2 fully saturated rings. The highest BCUT2D eigenvalue weighted by atomic mass is 16.7. The summed E-state index contributed by atoms with van der Waals surface area (Å²) >= 11 is 0. The molecule has 0 spiro atoms. The zero-order valence-corrected chi connectivity index (χ0v) is 33.0. The van der Waals surface area contributed by atoms with Crippen molar-refractivity contribution in [1.82, 2.24) is 0 Å². The predicted molar refractivity (Wildman–Crippen MR) is 198 cm³/mol. The van der Waals surface area contributed by atoms with Gasteiger partial charge in [-0.1, -0.05) is 13.8 Å². The van der Waals surface area contributed by atoms with Gasteiger partial charge in [0, 0.05) is 40.7 Å². The molecule has 18 nitrogen and oxygen atoms in total. The zero-order chi connectivity index (χ0) is 42.3. The van der Waals surface area contributed by atoms with Gasteiger partial charge in [-0.3, -0.25) is 0 Å². The van der Waals surface area contributed by atoms with E-state index in [9.17, 15) is 34.5 Å². The summed E-state index contributed by atoms with van der Waals surface area (Å²) in [5.41, 5.74) is 1.11. The highest BCUT2D eigenvalue weighted by Crippen LogP contribution is 2.42. The molecular formula is C40H50O18. The van der Waals surface area contributed by atoms with Gasteiger partial charge < -0.3 is 67.4 Å². The van der Waals surface area contributed by atoms with E-state index in [2.05, 4.69) is 0 Å². The van der Waals surface area contributed by atoms with Gasteiger partial charge in [0.1, 0.15) is 43.7 Å². The van der Waals surface area contributed by atoms with Crippen LogP contribution in [-0.4, -0.2) is 113 Å². The largest absolute Gasteiger partial charge is 0.497 e. The SMILES string of the molecule is COc1cc(CO)c(C2OCC(C)(COC(=O)/C=C/C(=O)OCCOC(=O)/C=C/C(=O)OCC3(C)COC(c4c(OC)cc(CO)cc4OC)OC3)CO2)c(CO)c1. The summed E-state index contributed by atoms with van der Waals surface area (Å²) in [4.78, 5) is 48.6. The third kappa shape index (κ3) is 12.7. The molecule has 0 atom stereocenters. The first-order valence-corrected chi connectivity index (χ1v) is 18.1. The second kappa shape index (κ2) is 21.6. The van der Waals surface area contributed by atoms with Crippen LogP contribution in [0.5, 0.6) is 17.2 Å². The van der Waals surface area contributed by atoms with Crippen molar-refractivity contribution in [2.24, 2.45) is 10.8 Å². The third-order valence-corrected chi connectivity index (χ3v) is 8.90. The van der Waals surface area contributed by atoms with Crippen molar-refractivity contribution in [3.63, 3.8) is 0 Å². The Morgan fingerprint density at radius 3 is 1.31 bits per heavy atom. The Kier molecular flexibility index (Phi) is 17.0. The number of aliphatic hydroxyl groups is 3. The van der Waals surface area contributed by atoms with Gasteiger partial charge in [-0.2, -0.15) is 0 Å². The van der Waals surface area contributed by atoms with Crippen molar-refractivity contribution in [3.05, 3.63) is 76.4 Å². The number of methoxy groups -OCH3 is 3. The lowest BCUT2D eigenvalue weighted by atomic mass is 9.92. The maximum absolute atomic E-state index is 12.3. The number of benzene rings is 2. The minimum absolute atomic E-state index is 0.0831. The molecule has 0 amide bonds. The fourth-order valence-corrected chi connectivity index (χ4v) is 5.77. The van der Waals surface area contributed by atoms with Crippen molar-refractivity contribution in [3.8, 4) is 17.2 Å². The zero-order valence-electron chi connectivity index (χ0n) is 33.0. The fourth-order valence-electron chi connectivity index (χ4n) is 5.77. The van der Waals surface area contributed by atoms with Gasteiger partial charge in [0.2, 0.25) is 0 Å². The molecule has 4 rings (SSSR count). The topological polar surface area (TPSA) is 230 Å². The Balaban J connectivity index is 1.10. The second-order valence-electron chi connectivity index (χ2n) is 14.0. The Morgan fingerprint density at radius 2 is 0.966 bits per heavy atom. The van der Waals surface area contributed by atoms with Gasteiger partial charge in [0.15, 0.2) is 12.6 Å². The van der Waals surface area contributed by atoms with E-state index in [-0.39, 0.29) is 72.7 Å². The van der Waals surface area contributed by atoms with E-state index in [1.165, 1.54) is 21.3 Å². The molecule has 0 bridgehead atoms. The van der Waals surface area contributed by atoms with E-state index in [1.807, 2.05) is 0 Å². The van der Waals surface area contributed by atoms with Crippen molar-refractivity contribution >= 4 is 23.9 Å². The first-order valence-electron chi connectivity index (χ1n) is 18.1. The molecule has 318 valence electrons. The van der Waals surface area contributed by atoms with Gasteiger partial charge in [-0.05, 0) is 41.0 Å². The summed E-state index contributed by atoms with van der Waals surface area (Å²) in [6.07, 6.45) is 1.79. The minimum atomic E-state index is -0.891. The number of carbonyl (C=O) groups excluding carboxylic acids is 4. The van der Waals surface area contributed by atoms with Crippen LogP contribution in [0, 0.1) is 10.8 Å². The number of hydrogen-bond acceptors (Lipinski definition) is 18. The molecule has 0 radical (unpaired) electrons. The average Bonchev–Trinajstić information content (AvgIpc) is 3.24. The molecule has 0 aromatic heterocycles. The molecule has 18 heteroatoms. The lowest BCUT2D eigenvalue weighted by Gasteiger charge is -2.37. The quantitative estimate of drug-likeness (QED) is 0.0799. The van der Waals surface area contributed by atoms with E-state index in [0.717, 1.165) is 24.3 Å². The smallest absolute Gasteiger partial charge is 0.331 e. The number of esters is 4. The Morgan fingerprint density at radius 1 is 0.586 bits per heavy atom. The number of ether oxygens (including phenoxy) is 11. The molecule has 2 aliphatic heterocycles. The summed E-state index contributed by atoms with van der Waals surface area (Å²) in [6.45, 7) is 2.40. The first kappa shape index (κ1) is 45.6. The van der Waals surface area contributed by atoms with Crippen LogP contribution in [0.1, 0.15) is 54.2 Å². The van der Waals surface area contributed by atoms with E-state index < -0.39 is 47.3 Å². The first-order chi connectivity index (χ1) is 27.8. The van der Waals surface area contributed by atoms with Crippen LogP contribution < -0.4 is 14.2 Å². The lowest BCUT2D eigenvalue weighted by Crippen LogP contribution is -2.40. The molecule has 0 saturated carbocycles. The van der Waals surface area contributed by atoms with E-state index in [0.29, 0.717) is 45.1 Å². The molecule has 2 aromatic rings. The maximum Gasteiger partial charge on any atom is 0.331 e. The summed E-state index contributed by atoms with van der Waals surface area (Å²) in [7, 11) is 4.43. The van der Waals surface area contributed by atoms with Gasteiger partial charge in [0.25, 0.3) is 0 Å². The molecule has 0 aliphatic carbocycles. The van der Waals surface area contributed by atoms with E-state index in [4.69, 9.17) is 52.1 Å². The van der Waals surface area contributed by atoms with Crippen molar-refractivity contribution in [1.29, 1.82) is 0 Å². The summed E-state index contributed by atoms with van der Waals surface area (Å²) in [6, 6.07) is 6.56. The Labute approximate surface area is 335 Å². The molecule has 0 unspecified atom stereocenters. The lowest BCUT2D eigenvalue weighted by molar-refractivity contribution is -0.239. The van der Waals surface area contributed by atoms with Gasteiger partial charge in [0.05, 0.1) is 73.1 Å². The highest BCUT2D eigenvalue weighted by Gasteiger charge is 2.38. The highest BCUT2D eigenvalue weighted by molar-refractivity contribution is 5.92. The van der Waals surface area contributed by atoms with Crippen LogP contribution in [0.4, 0.5) is 0 Å². The van der Waals surface area contributed by atoms with E-state index >= 15 is 0 Å². The second-order valence-corrected chi connectivity index (χ2v) is 14.0. The van der Waals surface area contributed by atoms with Crippen molar-refractivity contribution in [2.45, 2.75) is 46.2 Å². The average molecular weight is 819 g/mol. The number of carbonyl (C=O) groups is 4. The normalized spacial score (nSPS) is 22.0. The van der Waals surface area contributed by atoms with Crippen molar-refractivity contribution < 1.29 is 86.6 Å². The van der Waals surface area contributed by atoms with Gasteiger partial charge in [-0.25, -0.2) is 19.2 Å². The van der Waals surface area contributed by atoms with Crippen LogP contribution in [-0.2, 0) is 76.9 Å². The van der Waals surface area contributed by atoms with Gasteiger partial charge >= 0.3 is 23.9 Å². The maximum atomic E-state index is 12.3. The van der Waals surface area contributed by atoms with Crippen LogP contribution >= 0.6 is 0 Å². The predicted octanol–water partition coefficient (Wildman–Crippen LogP) is 2.28.